The molecule has 0 atom stereocenters. The number of halogens is 1. The van der Waals surface area contributed by atoms with Crippen LogP contribution in [0.3, 0.4) is 0 Å². The van der Waals surface area contributed by atoms with Crippen LogP contribution in [0.2, 0.25) is 5.02 Å². The summed E-state index contributed by atoms with van der Waals surface area (Å²) in [5, 5.41) is 11.9. The molecule has 2 aromatic rings. The second-order valence-corrected chi connectivity index (χ2v) is 5.77. The molecule has 1 heterocycles. The molecule has 0 aliphatic carbocycles. The zero-order chi connectivity index (χ0) is 13.5. The first kappa shape index (κ1) is 14.0. The fourth-order valence-electron chi connectivity index (χ4n) is 1.14. The third-order valence-electron chi connectivity index (χ3n) is 1.96. The number of hydrogen-bond acceptors (Lipinski definition) is 6. The van der Waals surface area contributed by atoms with Gasteiger partial charge in [-0.2, -0.15) is 5.10 Å². The van der Waals surface area contributed by atoms with Gasteiger partial charge in [-0.05, 0) is 6.07 Å². The Kier molecular flexibility index (Phi) is 5.31. The molecule has 1 aromatic heterocycles. The van der Waals surface area contributed by atoms with E-state index in [4.69, 9.17) is 11.6 Å². The van der Waals surface area contributed by atoms with Crippen LogP contribution in [0.25, 0.3) is 0 Å². The number of hydrazone groups is 1. The SMILES string of the molecule is O=C(CSc1nncs1)NN=Cc1ccccc1Cl. The summed E-state index contributed by atoms with van der Waals surface area (Å²) < 4.78 is 0.755. The number of amides is 1. The highest BCUT2D eigenvalue weighted by Gasteiger charge is 2.03. The third kappa shape index (κ3) is 4.62. The molecule has 0 fully saturated rings. The maximum absolute atomic E-state index is 11.5. The first-order valence-corrected chi connectivity index (χ1v) is 7.45. The van der Waals surface area contributed by atoms with E-state index in [1.54, 1.807) is 11.6 Å². The van der Waals surface area contributed by atoms with Gasteiger partial charge in [0, 0.05) is 10.6 Å². The summed E-state index contributed by atoms with van der Waals surface area (Å²) in [4.78, 5) is 11.5. The predicted molar refractivity (Wildman–Crippen MR) is 77.8 cm³/mol. The number of thioether (sulfide) groups is 1. The summed E-state index contributed by atoms with van der Waals surface area (Å²) in [6, 6.07) is 7.25. The molecule has 1 N–H and O–H groups in total. The molecule has 0 bridgehead atoms. The maximum atomic E-state index is 11.5. The van der Waals surface area contributed by atoms with Crippen molar-refractivity contribution in [1.82, 2.24) is 15.6 Å². The Morgan fingerprint density at radius 1 is 1.53 bits per heavy atom. The molecule has 0 radical (unpaired) electrons. The van der Waals surface area contributed by atoms with E-state index in [1.165, 1.54) is 29.3 Å². The van der Waals surface area contributed by atoms with Gasteiger partial charge in [-0.15, -0.1) is 10.2 Å². The fourth-order valence-corrected chi connectivity index (χ4v) is 2.60. The predicted octanol–water partition coefficient (Wildman–Crippen LogP) is 2.43. The molecular formula is C11H9ClN4OS2. The lowest BCUT2D eigenvalue weighted by molar-refractivity contribution is -0.118. The van der Waals surface area contributed by atoms with Gasteiger partial charge < -0.3 is 0 Å². The van der Waals surface area contributed by atoms with Gasteiger partial charge in [-0.3, -0.25) is 4.79 Å². The van der Waals surface area contributed by atoms with Crippen LogP contribution in [0, 0.1) is 0 Å². The minimum atomic E-state index is -0.205. The molecule has 8 heteroatoms. The highest BCUT2D eigenvalue weighted by atomic mass is 35.5. The van der Waals surface area contributed by atoms with Crippen molar-refractivity contribution >= 4 is 46.8 Å². The Morgan fingerprint density at radius 2 is 2.37 bits per heavy atom. The van der Waals surface area contributed by atoms with Crippen LogP contribution in [0.4, 0.5) is 0 Å². The van der Waals surface area contributed by atoms with Crippen molar-refractivity contribution in [3.8, 4) is 0 Å². The van der Waals surface area contributed by atoms with Crippen LogP contribution in [0.5, 0.6) is 0 Å². The standard InChI is InChI=1S/C11H9ClN4OS2/c12-9-4-2-1-3-8(9)5-13-15-10(17)6-18-11-16-14-7-19-11/h1-5,7H,6H2,(H,15,17). The van der Waals surface area contributed by atoms with Crippen molar-refractivity contribution < 1.29 is 4.79 Å². The lowest BCUT2D eigenvalue weighted by atomic mass is 10.2. The van der Waals surface area contributed by atoms with Crippen molar-refractivity contribution in [2.45, 2.75) is 4.34 Å². The summed E-state index contributed by atoms with van der Waals surface area (Å²) in [6.45, 7) is 0. The lowest BCUT2D eigenvalue weighted by Crippen LogP contribution is -2.19. The summed E-state index contributed by atoms with van der Waals surface area (Å²) in [6.07, 6.45) is 1.51. The topological polar surface area (TPSA) is 67.2 Å². The molecule has 98 valence electrons. The van der Waals surface area contributed by atoms with Gasteiger partial charge in [0.05, 0.1) is 12.0 Å². The molecule has 5 nitrogen and oxygen atoms in total. The van der Waals surface area contributed by atoms with Crippen molar-refractivity contribution in [1.29, 1.82) is 0 Å². The van der Waals surface area contributed by atoms with E-state index >= 15 is 0 Å². The summed E-state index contributed by atoms with van der Waals surface area (Å²) in [7, 11) is 0. The number of carbonyl (C=O) groups excluding carboxylic acids is 1. The van der Waals surface area contributed by atoms with Gasteiger partial charge in [0.15, 0.2) is 4.34 Å². The first-order chi connectivity index (χ1) is 9.25. The Labute approximate surface area is 123 Å². The Hall–Kier alpha value is -1.44. The minimum Gasteiger partial charge on any atom is -0.272 e. The molecule has 0 aliphatic rings. The quantitative estimate of drug-likeness (QED) is 0.523. The number of nitrogens with one attached hydrogen (secondary N) is 1. The zero-order valence-electron chi connectivity index (χ0n) is 9.62. The molecular weight excluding hydrogens is 304 g/mol. The van der Waals surface area contributed by atoms with Crippen LogP contribution in [-0.4, -0.2) is 28.1 Å². The number of carbonyl (C=O) groups is 1. The number of aromatic nitrogens is 2. The Balaban J connectivity index is 1.79. The molecule has 0 aliphatic heterocycles. The van der Waals surface area contributed by atoms with Gasteiger partial charge in [-0.1, -0.05) is 52.9 Å². The fraction of sp³-hybridized carbons (Fsp3) is 0.0909. The zero-order valence-corrected chi connectivity index (χ0v) is 12.0. The number of rotatable bonds is 5. The molecule has 2 rings (SSSR count). The van der Waals surface area contributed by atoms with E-state index in [9.17, 15) is 4.79 Å². The summed E-state index contributed by atoms with van der Waals surface area (Å²) in [5.41, 5.74) is 4.80. The van der Waals surface area contributed by atoms with E-state index in [0.717, 1.165) is 9.90 Å². The maximum Gasteiger partial charge on any atom is 0.250 e. The van der Waals surface area contributed by atoms with Crippen molar-refractivity contribution in [3.63, 3.8) is 0 Å². The van der Waals surface area contributed by atoms with Crippen LogP contribution in [0.1, 0.15) is 5.56 Å². The second-order valence-electron chi connectivity index (χ2n) is 3.31. The summed E-state index contributed by atoms with van der Waals surface area (Å²) >= 11 is 8.66. The molecule has 1 amide bonds. The van der Waals surface area contributed by atoms with Crippen LogP contribution < -0.4 is 5.43 Å². The number of hydrogen-bond donors (Lipinski definition) is 1. The van der Waals surface area contributed by atoms with Crippen LogP contribution >= 0.6 is 34.7 Å². The van der Waals surface area contributed by atoms with E-state index in [-0.39, 0.29) is 11.7 Å². The van der Waals surface area contributed by atoms with E-state index in [2.05, 4.69) is 20.7 Å². The molecule has 1 aromatic carbocycles. The number of nitrogens with zero attached hydrogens (tertiary/aromatic N) is 3. The molecule has 0 spiro atoms. The van der Waals surface area contributed by atoms with Gasteiger partial charge in [0.1, 0.15) is 5.51 Å². The second kappa shape index (κ2) is 7.22. The molecule has 0 unspecified atom stereocenters. The van der Waals surface area contributed by atoms with Crippen LogP contribution in [-0.2, 0) is 4.79 Å². The number of benzene rings is 1. The van der Waals surface area contributed by atoms with Crippen molar-refractivity contribution in [2.24, 2.45) is 5.10 Å². The van der Waals surface area contributed by atoms with Crippen LogP contribution in [0.15, 0.2) is 39.2 Å². The lowest BCUT2D eigenvalue weighted by Gasteiger charge is -1.98. The summed E-state index contributed by atoms with van der Waals surface area (Å²) in [5.74, 6) is 0.0400. The first-order valence-electron chi connectivity index (χ1n) is 5.21. The van der Waals surface area contributed by atoms with Gasteiger partial charge >= 0.3 is 0 Å². The molecule has 0 saturated carbocycles. The molecule has 0 saturated heterocycles. The normalized spacial score (nSPS) is 10.8. The van der Waals surface area contributed by atoms with Gasteiger partial charge in [0.2, 0.25) is 0 Å². The van der Waals surface area contributed by atoms with Gasteiger partial charge in [-0.25, -0.2) is 5.43 Å². The van der Waals surface area contributed by atoms with Crippen molar-refractivity contribution in [2.75, 3.05) is 5.75 Å². The minimum absolute atomic E-state index is 0.205. The Bertz CT molecular complexity index is 574. The smallest absolute Gasteiger partial charge is 0.250 e. The molecule has 19 heavy (non-hydrogen) atoms. The van der Waals surface area contributed by atoms with Crippen molar-refractivity contribution in [3.05, 3.63) is 40.4 Å². The van der Waals surface area contributed by atoms with E-state index < -0.39 is 0 Å². The largest absolute Gasteiger partial charge is 0.272 e. The van der Waals surface area contributed by atoms with E-state index in [0.29, 0.717) is 5.02 Å². The van der Waals surface area contributed by atoms with Gasteiger partial charge in [0.25, 0.3) is 5.91 Å². The third-order valence-corrected chi connectivity index (χ3v) is 4.17. The van der Waals surface area contributed by atoms with E-state index in [1.807, 2.05) is 18.2 Å². The highest BCUT2D eigenvalue weighted by molar-refractivity contribution is 8.01. The average Bonchev–Trinajstić information content (AvgIpc) is 2.92. The monoisotopic (exact) mass is 312 g/mol. The highest BCUT2D eigenvalue weighted by Crippen LogP contribution is 2.18. The Morgan fingerprint density at radius 3 is 3.11 bits per heavy atom. The average molecular weight is 313 g/mol.